The van der Waals surface area contributed by atoms with E-state index in [1.165, 1.54) is 0 Å². The van der Waals surface area contributed by atoms with Gasteiger partial charge >= 0.3 is 10.4 Å². The van der Waals surface area contributed by atoms with E-state index in [2.05, 4.69) is 14.8 Å². The Labute approximate surface area is 57.3 Å². The fourth-order valence-electron chi connectivity index (χ4n) is 0.460. The van der Waals surface area contributed by atoms with Crippen LogP contribution < -0.4 is 0 Å². The fourth-order valence-corrected chi connectivity index (χ4v) is 1.23. The lowest BCUT2D eigenvalue weighted by molar-refractivity contribution is 0.0649. The molecule has 0 aromatic rings. The predicted molar refractivity (Wildman–Crippen MR) is 28.6 cm³/mol. The van der Waals surface area contributed by atoms with E-state index in [1.807, 2.05) is 0 Å². The first-order chi connectivity index (χ1) is 4.55. The van der Waals surface area contributed by atoms with Gasteiger partial charge in [-0.3, -0.25) is 0 Å². The van der Waals surface area contributed by atoms with E-state index >= 15 is 0 Å². The minimum Gasteiger partial charge on any atom is -0.226 e. The summed E-state index contributed by atoms with van der Waals surface area (Å²) >= 11 is 0. The van der Waals surface area contributed by atoms with Gasteiger partial charge in [0.05, 0.1) is 0 Å². The second kappa shape index (κ2) is 2.20. The van der Waals surface area contributed by atoms with Crippen LogP contribution in [-0.4, -0.2) is 20.9 Å². The number of halogens is 1. The highest BCUT2D eigenvalue weighted by atomic mass is 32.3. The predicted octanol–water partition coefficient (Wildman–Crippen LogP) is -0.425. The number of hydrogen-bond acceptors (Lipinski definition) is 4. The molecule has 0 saturated carbocycles. The molecule has 56 valence electrons. The van der Waals surface area contributed by atoms with Gasteiger partial charge in [0.25, 0.3) is 6.36 Å². The van der Waals surface area contributed by atoms with Crippen molar-refractivity contribution in [2.45, 2.75) is 12.5 Å². The summed E-state index contributed by atoms with van der Waals surface area (Å²) in [6.07, 6.45) is 1.17. The van der Waals surface area contributed by atoms with Crippen molar-refractivity contribution < 1.29 is 21.2 Å². The van der Waals surface area contributed by atoms with E-state index in [0.29, 0.717) is 0 Å². The SMILES string of the molecule is C#CC1OS(=O)(=O)OC1F. The van der Waals surface area contributed by atoms with Crippen molar-refractivity contribution >= 4 is 10.4 Å². The molecule has 0 amide bonds. The Morgan fingerprint density at radius 2 is 2.10 bits per heavy atom. The molecule has 1 rings (SSSR count). The Bertz CT molecular complexity index is 263. The summed E-state index contributed by atoms with van der Waals surface area (Å²) in [5.41, 5.74) is 0. The molecule has 0 bridgehead atoms. The van der Waals surface area contributed by atoms with E-state index in [0.717, 1.165) is 0 Å². The quantitative estimate of drug-likeness (QED) is 0.458. The van der Waals surface area contributed by atoms with E-state index in [1.54, 1.807) is 5.92 Å². The number of hydrogen-bond donors (Lipinski definition) is 0. The van der Waals surface area contributed by atoms with Gasteiger partial charge in [-0.2, -0.15) is 8.42 Å². The highest BCUT2D eigenvalue weighted by Gasteiger charge is 2.39. The molecule has 0 aromatic carbocycles. The maximum Gasteiger partial charge on any atom is 0.404 e. The summed E-state index contributed by atoms with van der Waals surface area (Å²) in [6, 6.07) is 0. The van der Waals surface area contributed by atoms with Crippen LogP contribution in [0.4, 0.5) is 4.39 Å². The molecule has 0 spiro atoms. The molecule has 0 radical (unpaired) electrons. The third kappa shape index (κ3) is 1.26. The largest absolute Gasteiger partial charge is 0.404 e. The van der Waals surface area contributed by atoms with Crippen molar-refractivity contribution in [2.24, 2.45) is 0 Å². The van der Waals surface area contributed by atoms with Crippen molar-refractivity contribution in [3.63, 3.8) is 0 Å². The van der Waals surface area contributed by atoms with Crippen LogP contribution in [0.2, 0.25) is 0 Å². The van der Waals surface area contributed by atoms with Gasteiger partial charge in [-0.1, -0.05) is 5.92 Å². The lowest BCUT2D eigenvalue weighted by Gasteiger charge is -1.94. The lowest BCUT2D eigenvalue weighted by atomic mass is 10.4. The molecule has 1 saturated heterocycles. The Kier molecular flexibility index (Phi) is 1.64. The Morgan fingerprint density at radius 3 is 2.30 bits per heavy atom. The third-order valence-corrected chi connectivity index (χ3v) is 1.70. The molecule has 1 fully saturated rings. The molecule has 0 N–H and O–H groups in total. The molecule has 2 unspecified atom stereocenters. The topological polar surface area (TPSA) is 52.6 Å². The Hall–Kier alpha value is -0.640. The third-order valence-electron chi connectivity index (χ3n) is 0.834. The average molecular weight is 166 g/mol. The Balaban J connectivity index is 2.83. The molecule has 1 aliphatic rings. The highest BCUT2D eigenvalue weighted by molar-refractivity contribution is 7.82. The minimum absolute atomic E-state index is 1.44. The molecule has 0 aromatic heterocycles. The van der Waals surface area contributed by atoms with Crippen molar-refractivity contribution in [1.82, 2.24) is 0 Å². The molecule has 1 heterocycles. The van der Waals surface area contributed by atoms with Gasteiger partial charge < -0.3 is 0 Å². The molecule has 4 nitrogen and oxygen atoms in total. The van der Waals surface area contributed by atoms with Crippen LogP contribution in [0.15, 0.2) is 0 Å². The minimum atomic E-state index is -4.17. The van der Waals surface area contributed by atoms with Gasteiger partial charge in [0.1, 0.15) is 0 Å². The zero-order chi connectivity index (χ0) is 7.78. The van der Waals surface area contributed by atoms with Crippen LogP contribution >= 0.6 is 0 Å². The zero-order valence-corrected chi connectivity index (χ0v) is 5.47. The van der Waals surface area contributed by atoms with Crippen molar-refractivity contribution in [1.29, 1.82) is 0 Å². The van der Waals surface area contributed by atoms with Gasteiger partial charge in [0.15, 0.2) is 6.10 Å². The summed E-state index contributed by atoms with van der Waals surface area (Å²) in [6.45, 7) is 0. The van der Waals surface area contributed by atoms with Crippen LogP contribution in [0.1, 0.15) is 0 Å². The summed E-state index contributed by atoms with van der Waals surface area (Å²) < 4.78 is 40.3. The van der Waals surface area contributed by atoms with E-state index < -0.39 is 22.9 Å². The average Bonchev–Trinajstić information content (AvgIpc) is 2.05. The smallest absolute Gasteiger partial charge is 0.226 e. The molecule has 0 aliphatic carbocycles. The molecular formula is C4H3FO4S. The van der Waals surface area contributed by atoms with Crippen molar-refractivity contribution in [3.8, 4) is 12.3 Å². The van der Waals surface area contributed by atoms with E-state index in [4.69, 9.17) is 0 Å². The standard InChI is InChI=1S/C4H3FO4S/c1-2-3-4(5)9-10(6,7)8-3/h1,3-4H. The van der Waals surface area contributed by atoms with E-state index in [-0.39, 0.29) is 0 Å². The van der Waals surface area contributed by atoms with Crippen LogP contribution in [-0.2, 0) is 18.8 Å². The van der Waals surface area contributed by atoms with Crippen molar-refractivity contribution in [3.05, 3.63) is 0 Å². The van der Waals surface area contributed by atoms with Gasteiger partial charge in [-0.15, -0.1) is 6.42 Å². The summed E-state index contributed by atoms with van der Waals surface area (Å²) in [4.78, 5) is 0. The molecule has 10 heavy (non-hydrogen) atoms. The monoisotopic (exact) mass is 166 g/mol. The number of alkyl halides is 1. The normalized spacial score (nSPS) is 37.2. The molecule has 6 heteroatoms. The highest BCUT2D eigenvalue weighted by Crippen LogP contribution is 2.20. The van der Waals surface area contributed by atoms with Crippen molar-refractivity contribution in [2.75, 3.05) is 0 Å². The van der Waals surface area contributed by atoms with Crippen LogP contribution in [0.5, 0.6) is 0 Å². The second-order valence-electron chi connectivity index (χ2n) is 1.54. The zero-order valence-electron chi connectivity index (χ0n) is 4.65. The van der Waals surface area contributed by atoms with Gasteiger partial charge in [-0.25, -0.2) is 12.8 Å². The number of rotatable bonds is 0. The first kappa shape index (κ1) is 7.47. The first-order valence-corrected chi connectivity index (χ1v) is 3.60. The second-order valence-corrected chi connectivity index (χ2v) is 2.74. The fraction of sp³-hybridized carbons (Fsp3) is 0.500. The van der Waals surface area contributed by atoms with E-state index in [9.17, 15) is 12.8 Å². The van der Waals surface area contributed by atoms with Gasteiger partial charge in [0, 0.05) is 0 Å². The summed E-state index contributed by atoms with van der Waals surface area (Å²) in [5.74, 6) is 1.77. The Morgan fingerprint density at radius 1 is 1.50 bits per heavy atom. The summed E-state index contributed by atoms with van der Waals surface area (Å²) in [7, 11) is -4.17. The molecule has 2 atom stereocenters. The first-order valence-electron chi connectivity index (χ1n) is 2.27. The lowest BCUT2D eigenvalue weighted by Crippen LogP contribution is -2.14. The van der Waals surface area contributed by atoms with Gasteiger partial charge in [-0.05, 0) is 0 Å². The molecule has 1 aliphatic heterocycles. The maximum atomic E-state index is 12.2. The van der Waals surface area contributed by atoms with Crippen LogP contribution in [0.25, 0.3) is 0 Å². The number of terminal acetylenes is 1. The van der Waals surface area contributed by atoms with Crippen LogP contribution in [0, 0.1) is 12.3 Å². The van der Waals surface area contributed by atoms with Crippen LogP contribution in [0.3, 0.4) is 0 Å². The molecular weight excluding hydrogens is 163 g/mol. The maximum absolute atomic E-state index is 12.2. The summed E-state index contributed by atoms with van der Waals surface area (Å²) in [5, 5.41) is 0. The van der Waals surface area contributed by atoms with Gasteiger partial charge in [0.2, 0.25) is 0 Å².